The summed E-state index contributed by atoms with van der Waals surface area (Å²) in [5, 5.41) is 7.32. The van der Waals surface area contributed by atoms with Crippen molar-refractivity contribution in [2.45, 2.75) is 51.1 Å². The van der Waals surface area contributed by atoms with Gasteiger partial charge in [0.05, 0.1) is 12.5 Å². The van der Waals surface area contributed by atoms with Gasteiger partial charge in [-0.25, -0.2) is 9.67 Å². The van der Waals surface area contributed by atoms with E-state index in [4.69, 9.17) is 0 Å². The molecule has 2 fully saturated rings. The van der Waals surface area contributed by atoms with Crippen LogP contribution in [0.1, 0.15) is 44.1 Å². The Balaban J connectivity index is 1.38. The number of rotatable bonds is 5. The third-order valence-electron chi connectivity index (χ3n) is 5.76. The van der Waals surface area contributed by atoms with Gasteiger partial charge in [0.25, 0.3) is 0 Å². The van der Waals surface area contributed by atoms with Gasteiger partial charge < -0.3 is 5.32 Å². The van der Waals surface area contributed by atoms with E-state index in [0.717, 1.165) is 30.8 Å². The van der Waals surface area contributed by atoms with Crippen LogP contribution >= 0.6 is 0 Å². The second-order valence-corrected chi connectivity index (χ2v) is 7.51. The number of para-hydroxylation sites is 1. The Hall–Kier alpha value is -2.21. The van der Waals surface area contributed by atoms with Crippen LogP contribution in [0.25, 0.3) is 0 Å². The number of hydrogen-bond donors (Lipinski definition) is 1. The van der Waals surface area contributed by atoms with Crippen LogP contribution in [0.4, 0.5) is 5.69 Å². The zero-order valence-electron chi connectivity index (χ0n) is 15.2. The molecule has 1 aromatic carbocycles. The minimum atomic E-state index is 0.0938. The largest absolute Gasteiger partial charge is 0.325 e. The maximum atomic E-state index is 12.8. The van der Waals surface area contributed by atoms with Crippen molar-refractivity contribution in [1.29, 1.82) is 0 Å². The fourth-order valence-electron chi connectivity index (χ4n) is 4.28. The Morgan fingerprint density at radius 2 is 2.00 bits per heavy atom. The fourth-order valence-corrected chi connectivity index (χ4v) is 4.28. The van der Waals surface area contributed by atoms with Gasteiger partial charge in [-0.1, -0.05) is 37.5 Å². The molecule has 1 unspecified atom stereocenters. The molecule has 6 heteroatoms. The molecule has 0 spiro atoms. The van der Waals surface area contributed by atoms with Gasteiger partial charge >= 0.3 is 0 Å². The van der Waals surface area contributed by atoms with E-state index in [9.17, 15) is 4.79 Å². The first kappa shape index (κ1) is 17.2. The van der Waals surface area contributed by atoms with E-state index in [1.165, 1.54) is 38.4 Å². The lowest BCUT2D eigenvalue weighted by atomic mass is 9.94. The predicted octanol–water partition coefficient (Wildman–Crippen LogP) is 2.92. The number of benzene rings is 1. The lowest BCUT2D eigenvalue weighted by Crippen LogP contribution is -2.36. The Bertz CT molecular complexity index is 724. The van der Waals surface area contributed by atoms with Gasteiger partial charge in [0.15, 0.2) is 0 Å². The maximum absolute atomic E-state index is 12.8. The zero-order chi connectivity index (χ0) is 17.8. The van der Waals surface area contributed by atoms with Gasteiger partial charge in [-0.05, 0) is 37.4 Å². The molecule has 0 radical (unpaired) electrons. The number of aromatic nitrogens is 3. The number of nitrogens with one attached hydrogen (secondary N) is 1. The van der Waals surface area contributed by atoms with Crippen LogP contribution in [-0.4, -0.2) is 44.7 Å². The van der Waals surface area contributed by atoms with Gasteiger partial charge in [-0.3, -0.25) is 9.69 Å². The quantitative estimate of drug-likeness (QED) is 0.898. The van der Waals surface area contributed by atoms with Crippen molar-refractivity contribution in [3.8, 4) is 0 Å². The summed E-state index contributed by atoms with van der Waals surface area (Å²) < 4.78 is 1.77. The molecular weight excluding hydrogens is 326 g/mol. The lowest BCUT2D eigenvalue weighted by Gasteiger charge is -2.30. The summed E-state index contributed by atoms with van der Waals surface area (Å²) in [7, 11) is 0. The Kier molecular flexibility index (Phi) is 5.29. The summed E-state index contributed by atoms with van der Waals surface area (Å²) in [5.41, 5.74) is 1.93. The minimum Gasteiger partial charge on any atom is -0.325 e. The second kappa shape index (κ2) is 7.99. The minimum absolute atomic E-state index is 0.0938. The van der Waals surface area contributed by atoms with Crippen LogP contribution in [0.2, 0.25) is 0 Å². The highest BCUT2D eigenvalue weighted by atomic mass is 16.1. The van der Waals surface area contributed by atoms with E-state index >= 15 is 0 Å². The first-order valence-electron chi connectivity index (χ1n) is 9.75. The summed E-state index contributed by atoms with van der Waals surface area (Å²) in [6, 6.07) is 8.64. The van der Waals surface area contributed by atoms with E-state index in [1.807, 2.05) is 24.3 Å². The highest BCUT2D eigenvalue weighted by Crippen LogP contribution is 2.28. The van der Waals surface area contributed by atoms with Gasteiger partial charge in [-0.15, -0.1) is 0 Å². The van der Waals surface area contributed by atoms with Gasteiger partial charge in [0.1, 0.15) is 12.7 Å². The Morgan fingerprint density at radius 1 is 1.15 bits per heavy atom. The van der Waals surface area contributed by atoms with E-state index in [-0.39, 0.29) is 11.8 Å². The predicted molar refractivity (Wildman–Crippen MR) is 101 cm³/mol. The van der Waals surface area contributed by atoms with E-state index < -0.39 is 0 Å². The van der Waals surface area contributed by atoms with Crippen molar-refractivity contribution in [2.75, 3.05) is 18.4 Å². The monoisotopic (exact) mass is 353 g/mol. The smallest absolute Gasteiger partial charge is 0.228 e. The van der Waals surface area contributed by atoms with E-state index in [0.29, 0.717) is 12.6 Å². The highest BCUT2D eigenvalue weighted by molar-refractivity contribution is 5.93. The molecule has 138 valence electrons. The number of anilines is 1. The van der Waals surface area contributed by atoms with Crippen LogP contribution < -0.4 is 5.32 Å². The van der Waals surface area contributed by atoms with Crippen molar-refractivity contribution in [3.05, 3.63) is 42.5 Å². The fraction of sp³-hybridized carbons (Fsp3) is 0.550. The molecule has 2 aromatic rings. The normalized spacial score (nSPS) is 21.8. The standard InChI is InChI=1S/C20H27N5O/c26-20(17-10-11-24(12-17)18-7-2-1-3-8-18)23-19-9-5-4-6-16(19)13-25-15-21-14-22-25/h4-6,9,14-15,17-18H,1-3,7-8,10-13H2,(H,23,26). The molecular formula is C20H27N5O. The number of nitrogens with zero attached hydrogens (tertiary/aromatic N) is 4. The second-order valence-electron chi connectivity index (χ2n) is 7.51. The molecule has 2 aliphatic rings. The van der Waals surface area contributed by atoms with Gasteiger partial charge in [0.2, 0.25) is 5.91 Å². The molecule has 1 amide bonds. The molecule has 1 aromatic heterocycles. The molecule has 1 N–H and O–H groups in total. The summed E-state index contributed by atoms with van der Waals surface area (Å²) >= 11 is 0. The topological polar surface area (TPSA) is 63.1 Å². The molecule has 2 heterocycles. The Morgan fingerprint density at radius 3 is 2.81 bits per heavy atom. The number of carbonyl (C=O) groups is 1. The van der Waals surface area contributed by atoms with Crippen molar-refractivity contribution < 1.29 is 4.79 Å². The first-order valence-corrected chi connectivity index (χ1v) is 9.75. The van der Waals surface area contributed by atoms with Crippen molar-refractivity contribution in [3.63, 3.8) is 0 Å². The number of amides is 1. The van der Waals surface area contributed by atoms with E-state index in [2.05, 4.69) is 20.3 Å². The summed E-state index contributed by atoms with van der Waals surface area (Å²) in [6.07, 6.45) is 10.8. The van der Waals surface area contributed by atoms with Crippen molar-refractivity contribution in [2.24, 2.45) is 5.92 Å². The number of likely N-dealkylation sites (tertiary alicyclic amines) is 1. The molecule has 26 heavy (non-hydrogen) atoms. The molecule has 1 aliphatic carbocycles. The van der Waals surface area contributed by atoms with Crippen LogP contribution in [-0.2, 0) is 11.3 Å². The van der Waals surface area contributed by atoms with Gasteiger partial charge in [-0.2, -0.15) is 5.10 Å². The summed E-state index contributed by atoms with van der Waals surface area (Å²) in [4.78, 5) is 19.4. The van der Waals surface area contributed by atoms with Crippen LogP contribution in [0.5, 0.6) is 0 Å². The number of hydrogen-bond acceptors (Lipinski definition) is 4. The maximum Gasteiger partial charge on any atom is 0.228 e. The SMILES string of the molecule is O=C(Nc1ccccc1Cn1cncn1)C1CCN(C2CCCCC2)C1. The first-order chi connectivity index (χ1) is 12.8. The lowest BCUT2D eigenvalue weighted by molar-refractivity contribution is -0.119. The van der Waals surface area contributed by atoms with Crippen LogP contribution in [0.15, 0.2) is 36.9 Å². The van der Waals surface area contributed by atoms with Gasteiger partial charge in [0, 0.05) is 18.3 Å². The third kappa shape index (κ3) is 3.96. The van der Waals surface area contributed by atoms with E-state index in [1.54, 1.807) is 11.0 Å². The van der Waals surface area contributed by atoms with Crippen molar-refractivity contribution >= 4 is 11.6 Å². The van der Waals surface area contributed by atoms with Crippen LogP contribution in [0, 0.1) is 5.92 Å². The molecule has 4 rings (SSSR count). The molecule has 0 bridgehead atoms. The molecule has 1 atom stereocenters. The molecule has 6 nitrogen and oxygen atoms in total. The zero-order valence-corrected chi connectivity index (χ0v) is 15.2. The summed E-state index contributed by atoms with van der Waals surface area (Å²) in [6.45, 7) is 2.57. The van der Waals surface area contributed by atoms with Crippen LogP contribution in [0.3, 0.4) is 0 Å². The molecule has 1 aliphatic heterocycles. The highest BCUT2D eigenvalue weighted by Gasteiger charge is 2.32. The summed E-state index contributed by atoms with van der Waals surface area (Å²) in [5.74, 6) is 0.241. The molecule has 1 saturated heterocycles. The number of carbonyl (C=O) groups excluding carboxylic acids is 1. The molecule has 1 saturated carbocycles. The third-order valence-corrected chi connectivity index (χ3v) is 5.76. The Labute approximate surface area is 154 Å². The average Bonchev–Trinajstić information content (AvgIpc) is 3.36. The van der Waals surface area contributed by atoms with Crippen molar-refractivity contribution in [1.82, 2.24) is 19.7 Å². The average molecular weight is 353 g/mol.